The molecule has 0 radical (unpaired) electrons. The Morgan fingerprint density at radius 2 is 0.231 bits per heavy atom. The number of rotatable bonds is 0. The Morgan fingerprint density at radius 1 is 0.231 bits per heavy atom. The van der Waals surface area contributed by atoms with Crippen molar-refractivity contribution in [3.05, 3.63) is 0 Å². The summed E-state index contributed by atoms with van der Waals surface area (Å²) >= 11 is 0. The number of halogens is 5. The Balaban J connectivity index is 0. The van der Waals surface area contributed by atoms with Gasteiger partial charge in [-0.3, -0.25) is 0 Å². The second-order valence-corrected chi connectivity index (χ2v) is 0. The second-order valence-electron chi connectivity index (χ2n) is 0. The summed E-state index contributed by atoms with van der Waals surface area (Å²) in [7, 11) is 0. The van der Waals surface area contributed by atoms with Crippen molar-refractivity contribution in [1.82, 2.24) is 0 Å². The van der Waals surface area contributed by atoms with Crippen molar-refractivity contribution in [3.63, 3.8) is 0 Å². The molecule has 0 spiro atoms. The molecule has 0 amide bonds. The monoisotopic (exact) mass is 534 g/mol. The minimum atomic E-state index is 0. The molecule has 0 saturated carbocycles. The van der Waals surface area contributed by atoms with Gasteiger partial charge in [-0.15, -0.1) is 0 Å². The van der Waals surface area contributed by atoms with E-state index in [1.165, 1.54) is 0 Å². The summed E-state index contributed by atoms with van der Waals surface area (Å²) in [4.78, 5) is 0. The maximum atomic E-state index is 0. The van der Waals surface area contributed by atoms with Crippen LogP contribution in [0, 0.1) is 0 Å². The first-order valence-electron chi connectivity index (χ1n) is 0. The SMILES string of the molecule is [Cl-].[Cl-].[Cl-].[Cl-].[Cl-].[Nb+5].[Nb+5].[Nb+5].[O-2].[O-2].[O-2].[O-2].[O-2]. The molecule has 0 aliphatic heterocycles. The van der Waals surface area contributed by atoms with E-state index in [0.29, 0.717) is 0 Å². The molecule has 0 aliphatic rings. The van der Waals surface area contributed by atoms with Gasteiger partial charge >= 0.3 is 67.1 Å². The van der Waals surface area contributed by atoms with Gasteiger partial charge in [0.15, 0.2) is 0 Å². The van der Waals surface area contributed by atoms with Crippen LogP contribution in [0.1, 0.15) is 0 Å². The molecule has 13 heteroatoms. The molecule has 0 aromatic rings. The minimum Gasteiger partial charge on any atom is -2.00 e. The van der Waals surface area contributed by atoms with Gasteiger partial charge in [0.1, 0.15) is 0 Å². The summed E-state index contributed by atoms with van der Waals surface area (Å²) in [6.07, 6.45) is 0. The van der Waals surface area contributed by atoms with E-state index in [2.05, 4.69) is 0 Å². The molecule has 0 aliphatic carbocycles. The zero-order chi connectivity index (χ0) is 0. The quantitative estimate of drug-likeness (QED) is 0.272. The average Bonchev–Trinajstić information content (AvgIpc) is 0. The molecule has 0 aromatic heterocycles. The van der Waals surface area contributed by atoms with E-state index in [4.69, 9.17) is 0 Å². The van der Waals surface area contributed by atoms with Gasteiger partial charge in [-0.2, -0.15) is 0 Å². The Morgan fingerprint density at radius 3 is 0.231 bits per heavy atom. The largest absolute Gasteiger partial charge is 5.00 e. The van der Waals surface area contributed by atoms with Gasteiger partial charge in [0.25, 0.3) is 0 Å². The normalized spacial score (nSPS) is 0. The summed E-state index contributed by atoms with van der Waals surface area (Å²) in [6, 6.07) is 0. The molecule has 0 unspecified atom stereocenters. The molecule has 0 saturated heterocycles. The van der Waals surface area contributed by atoms with Crippen LogP contribution in [0.4, 0.5) is 0 Å². The fourth-order valence-electron chi connectivity index (χ4n) is 0. The van der Waals surface area contributed by atoms with Crippen LogP contribution in [0.2, 0.25) is 0 Å². The average molecular weight is 536 g/mol. The second kappa shape index (κ2) is 269. The Kier molecular flexibility index (Phi) is 6770. The predicted octanol–water partition coefficient (Wildman–Crippen LogP) is -15.6. The summed E-state index contributed by atoms with van der Waals surface area (Å²) < 4.78 is 0. The van der Waals surface area contributed by atoms with E-state index in [-0.39, 0.29) is 157 Å². The standard InChI is InChI=1S/5ClH.3Nb.5O/h5*1H;;;;;;;;/q;;;;;3*+5;5*-2/p-5. The molecular weight excluding hydrogens is 536 g/mol. The third-order valence-corrected chi connectivity index (χ3v) is 0. The maximum Gasteiger partial charge on any atom is 5.00 e. The first-order valence-corrected chi connectivity index (χ1v) is 0. The van der Waals surface area contributed by atoms with Crippen LogP contribution in [-0.4, -0.2) is 0 Å². The fourth-order valence-corrected chi connectivity index (χ4v) is 0. The van der Waals surface area contributed by atoms with Crippen molar-refractivity contribution in [1.29, 1.82) is 0 Å². The summed E-state index contributed by atoms with van der Waals surface area (Å²) in [6.45, 7) is 0. The fraction of sp³-hybridized carbons (Fsp3) is 0. The van der Waals surface area contributed by atoms with E-state index in [1.807, 2.05) is 0 Å². The third-order valence-electron chi connectivity index (χ3n) is 0. The molecule has 0 fully saturated rings. The maximum absolute atomic E-state index is 0. The molecule has 0 rings (SSSR count). The van der Waals surface area contributed by atoms with Crippen molar-refractivity contribution in [2.75, 3.05) is 0 Å². The van der Waals surface area contributed by atoms with Crippen LogP contribution in [0.5, 0.6) is 0 Å². The van der Waals surface area contributed by atoms with E-state index in [9.17, 15) is 0 Å². The summed E-state index contributed by atoms with van der Waals surface area (Å²) in [5.74, 6) is 0. The molecule has 0 N–H and O–H groups in total. The van der Waals surface area contributed by atoms with Crippen molar-refractivity contribution in [3.8, 4) is 0 Å². The Labute approximate surface area is 154 Å². The number of hydrogen-bond acceptors (Lipinski definition) is 0. The molecule has 0 heterocycles. The van der Waals surface area contributed by atoms with Crippen molar-refractivity contribution in [2.45, 2.75) is 0 Å². The minimum absolute atomic E-state index is 0. The zero-order valence-corrected chi connectivity index (χ0v) is 15.6. The van der Waals surface area contributed by atoms with Crippen molar-refractivity contribution in [2.24, 2.45) is 0 Å². The van der Waals surface area contributed by atoms with Gasteiger partial charge in [0.05, 0.1) is 0 Å². The predicted molar refractivity (Wildman–Crippen MR) is 3.43 cm³/mol. The Hall–Kier alpha value is 3.47. The molecule has 80 valence electrons. The number of hydrogen-bond donors (Lipinski definition) is 0. The van der Waals surface area contributed by atoms with Gasteiger partial charge in [-0.05, 0) is 0 Å². The van der Waals surface area contributed by atoms with Gasteiger partial charge in [-0.25, -0.2) is 0 Å². The molecule has 5 nitrogen and oxygen atoms in total. The van der Waals surface area contributed by atoms with Crippen LogP contribution in [0.15, 0.2) is 0 Å². The molecule has 0 atom stereocenters. The van der Waals surface area contributed by atoms with Gasteiger partial charge in [0, 0.05) is 0 Å². The summed E-state index contributed by atoms with van der Waals surface area (Å²) in [5, 5.41) is 0. The first-order chi connectivity index (χ1) is 0. The van der Waals surface area contributed by atoms with Crippen LogP contribution in [0.3, 0.4) is 0 Å². The van der Waals surface area contributed by atoms with Gasteiger partial charge in [0.2, 0.25) is 0 Å². The smallest absolute Gasteiger partial charge is 2.00 e. The van der Waals surface area contributed by atoms with Gasteiger partial charge < -0.3 is 89.4 Å². The van der Waals surface area contributed by atoms with Gasteiger partial charge in [-0.1, -0.05) is 0 Å². The van der Waals surface area contributed by atoms with E-state index in [1.54, 1.807) is 0 Å². The molecule has 13 heavy (non-hydrogen) atoms. The molecular formula is Cl5Nb3O5. The van der Waals surface area contributed by atoms with Crippen molar-refractivity contribution < 1.29 is 157 Å². The summed E-state index contributed by atoms with van der Waals surface area (Å²) in [5.41, 5.74) is 0. The zero-order valence-electron chi connectivity index (χ0n) is 5.27. The van der Waals surface area contributed by atoms with Crippen LogP contribution < -0.4 is 62.0 Å². The molecule has 0 aromatic carbocycles. The topological polar surface area (TPSA) is 142 Å². The van der Waals surface area contributed by atoms with Crippen molar-refractivity contribution >= 4 is 0 Å². The van der Waals surface area contributed by atoms with Crippen LogP contribution in [0.25, 0.3) is 0 Å². The molecule has 0 bridgehead atoms. The van der Waals surface area contributed by atoms with E-state index in [0.717, 1.165) is 0 Å². The Bertz CT molecular complexity index is 20.1. The van der Waals surface area contributed by atoms with Crippen LogP contribution in [-0.2, 0) is 94.5 Å². The van der Waals surface area contributed by atoms with E-state index >= 15 is 0 Å². The third kappa shape index (κ3) is 233. The van der Waals surface area contributed by atoms with Crippen LogP contribution >= 0.6 is 0 Å². The van der Waals surface area contributed by atoms with E-state index < -0.39 is 0 Å². The first kappa shape index (κ1) is 327.